The van der Waals surface area contributed by atoms with Gasteiger partial charge in [-0.05, 0) is 57.6 Å². The summed E-state index contributed by atoms with van der Waals surface area (Å²) in [5.41, 5.74) is 2.28. The highest BCUT2D eigenvalue weighted by molar-refractivity contribution is 5.76. The van der Waals surface area contributed by atoms with E-state index in [1.54, 1.807) is 0 Å². The third kappa shape index (κ3) is 6.77. The number of fused-ring (bicyclic) bond motifs is 1. The molecule has 2 N–H and O–H groups in total. The highest BCUT2D eigenvalue weighted by Crippen LogP contribution is 2.30. The molecule has 1 unspecified atom stereocenters. The van der Waals surface area contributed by atoms with Crippen molar-refractivity contribution in [3.8, 4) is 0 Å². The minimum absolute atomic E-state index is 0.0362. The second kappa shape index (κ2) is 8.88. The average molecular weight is 346 g/mol. The van der Waals surface area contributed by atoms with Crippen molar-refractivity contribution in [1.29, 1.82) is 0 Å². The summed E-state index contributed by atoms with van der Waals surface area (Å²) in [7, 11) is 0. The number of rotatable bonds is 6. The van der Waals surface area contributed by atoms with Crippen molar-refractivity contribution in [3.05, 3.63) is 35.4 Å². The van der Waals surface area contributed by atoms with Crippen LogP contribution < -0.4 is 10.6 Å². The first-order valence-corrected chi connectivity index (χ1v) is 9.16. The van der Waals surface area contributed by atoms with Crippen molar-refractivity contribution in [1.82, 2.24) is 10.6 Å². The van der Waals surface area contributed by atoms with Gasteiger partial charge < -0.3 is 15.4 Å². The molecule has 2 amide bonds. The van der Waals surface area contributed by atoms with Gasteiger partial charge in [0.2, 0.25) is 5.91 Å². The first-order valence-electron chi connectivity index (χ1n) is 9.16. The Morgan fingerprint density at radius 2 is 1.96 bits per heavy atom. The number of ether oxygens (including phenoxy) is 1. The standard InChI is InChI=1S/C20H30N2O3/c1-20(2,3)25-19(24)21-13-7-12-18(23)22-14-16-10-6-9-15-8-4-5-11-17(15)16/h4-5,8,11,16H,6-7,9-10,12-14H2,1-3H3,(H,21,24)(H,22,23). The zero-order chi connectivity index (χ0) is 18.3. The monoisotopic (exact) mass is 346 g/mol. The zero-order valence-electron chi connectivity index (χ0n) is 15.6. The van der Waals surface area contributed by atoms with Crippen molar-refractivity contribution >= 4 is 12.0 Å². The van der Waals surface area contributed by atoms with Gasteiger partial charge >= 0.3 is 6.09 Å². The summed E-state index contributed by atoms with van der Waals surface area (Å²) < 4.78 is 5.15. The van der Waals surface area contributed by atoms with Crippen molar-refractivity contribution in [2.24, 2.45) is 0 Å². The van der Waals surface area contributed by atoms with Gasteiger partial charge in [0.15, 0.2) is 0 Å². The molecule has 1 aromatic rings. The second-order valence-electron chi connectivity index (χ2n) is 7.62. The lowest BCUT2D eigenvalue weighted by atomic mass is 9.83. The van der Waals surface area contributed by atoms with Gasteiger partial charge in [0, 0.05) is 25.4 Å². The van der Waals surface area contributed by atoms with Crippen LogP contribution in [0.25, 0.3) is 0 Å². The number of aryl methyl sites for hydroxylation is 1. The summed E-state index contributed by atoms with van der Waals surface area (Å²) in [5, 5.41) is 5.71. The Bertz CT molecular complexity index is 593. The summed E-state index contributed by atoms with van der Waals surface area (Å²) in [4.78, 5) is 23.5. The molecule has 138 valence electrons. The SMILES string of the molecule is CC(C)(C)OC(=O)NCCCC(=O)NCC1CCCc2ccccc21. The summed E-state index contributed by atoms with van der Waals surface area (Å²) in [6, 6.07) is 8.51. The smallest absolute Gasteiger partial charge is 0.407 e. The summed E-state index contributed by atoms with van der Waals surface area (Å²) in [6.45, 7) is 6.60. The molecular formula is C20H30N2O3. The van der Waals surface area contributed by atoms with E-state index in [1.807, 2.05) is 20.8 Å². The lowest BCUT2D eigenvalue weighted by Crippen LogP contribution is -2.34. The highest BCUT2D eigenvalue weighted by Gasteiger charge is 2.20. The van der Waals surface area contributed by atoms with E-state index in [4.69, 9.17) is 4.74 Å². The third-order valence-corrected chi connectivity index (χ3v) is 4.29. The lowest BCUT2D eigenvalue weighted by Gasteiger charge is -2.25. The first-order chi connectivity index (χ1) is 11.8. The molecule has 5 heteroatoms. The van der Waals surface area contributed by atoms with Gasteiger partial charge in [-0.3, -0.25) is 4.79 Å². The fraction of sp³-hybridized carbons (Fsp3) is 0.600. The maximum absolute atomic E-state index is 12.0. The van der Waals surface area contributed by atoms with Crippen LogP contribution in [0.4, 0.5) is 4.79 Å². The minimum Gasteiger partial charge on any atom is -0.444 e. The fourth-order valence-corrected chi connectivity index (χ4v) is 3.15. The number of alkyl carbamates (subject to hydrolysis) is 1. The molecule has 0 aromatic heterocycles. The van der Waals surface area contributed by atoms with E-state index in [9.17, 15) is 9.59 Å². The van der Waals surface area contributed by atoms with Crippen molar-refractivity contribution in [2.75, 3.05) is 13.1 Å². The maximum atomic E-state index is 12.0. The van der Waals surface area contributed by atoms with Crippen LogP contribution in [0.1, 0.15) is 63.5 Å². The number of benzene rings is 1. The zero-order valence-corrected chi connectivity index (χ0v) is 15.6. The molecule has 0 spiro atoms. The number of hydrogen-bond acceptors (Lipinski definition) is 3. The average Bonchev–Trinajstić information content (AvgIpc) is 2.55. The number of carbonyl (C=O) groups is 2. The van der Waals surface area contributed by atoms with E-state index in [1.165, 1.54) is 17.5 Å². The molecule has 0 saturated heterocycles. The van der Waals surface area contributed by atoms with Gasteiger partial charge in [-0.15, -0.1) is 0 Å². The van der Waals surface area contributed by atoms with Gasteiger partial charge in [-0.25, -0.2) is 4.79 Å². The van der Waals surface area contributed by atoms with E-state index in [0.29, 0.717) is 31.8 Å². The van der Waals surface area contributed by atoms with Crippen LogP contribution >= 0.6 is 0 Å². The predicted octanol–water partition coefficient (Wildman–Crippen LogP) is 3.53. The molecule has 0 radical (unpaired) electrons. The minimum atomic E-state index is -0.502. The summed E-state index contributed by atoms with van der Waals surface area (Å²) in [5.74, 6) is 0.447. The van der Waals surface area contributed by atoms with E-state index >= 15 is 0 Å². The van der Waals surface area contributed by atoms with Crippen molar-refractivity contribution in [3.63, 3.8) is 0 Å². The van der Waals surface area contributed by atoms with Crippen LogP contribution in [0.3, 0.4) is 0 Å². The molecular weight excluding hydrogens is 316 g/mol. The van der Waals surface area contributed by atoms with Gasteiger partial charge in [0.1, 0.15) is 5.60 Å². The molecule has 2 rings (SSSR count). The summed E-state index contributed by atoms with van der Waals surface area (Å²) in [6.07, 6.45) is 4.01. The summed E-state index contributed by atoms with van der Waals surface area (Å²) >= 11 is 0. The molecule has 0 saturated carbocycles. The Labute approximate surface area is 150 Å². The largest absolute Gasteiger partial charge is 0.444 e. The molecule has 1 aliphatic carbocycles. The molecule has 0 heterocycles. The maximum Gasteiger partial charge on any atom is 0.407 e. The van der Waals surface area contributed by atoms with E-state index in [2.05, 4.69) is 34.9 Å². The molecule has 5 nitrogen and oxygen atoms in total. The van der Waals surface area contributed by atoms with Crippen LogP contribution in [-0.4, -0.2) is 30.7 Å². The topological polar surface area (TPSA) is 67.4 Å². The number of hydrogen-bond donors (Lipinski definition) is 2. The number of amides is 2. The Morgan fingerprint density at radius 1 is 1.20 bits per heavy atom. The van der Waals surface area contributed by atoms with E-state index in [0.717, 1.165) is 12.8 Å². The second-order valence-corrected chi connectivity index (χ2v) is 7.62. The van der Waals surface area contributed by atoms with E-state index in [-0.39, 0.29) is 5.91 Å². The third-order valence-electron chi connectivity index (χ3n) is 4.29. The van der Waals surface area contributed by atoms with Crippen LogP contribution in [0.5, 0.6) is 0 Å². The van der Waals surface area contributed by atoms with Crippen molar-refractivity contribution in [2.45, 2.75) is 64.4 Å². The predicted molar refractivity (Wildman–Crippen MR) is 98.6 cm³/mol. The Balaban J connectivity index is 1.64. The molecule has 1 aliphatic rings. The number of carbonyl (C=O) groups excluding carboxylic acids is 2. The molecule has 1 aromatic carbocycles. The quantitative estimate of drug-likeness (QED) is 0.774. The Morgan fingerprint density at radius 3 is 2.72 bits per heavy atom. The molecule has 0 bridgehead atoms. The first kappa shape index (κ1) is 19.3. The lowest BCUT2D eigenvalue weighted by molar-refractivity contribution is -0.121. The molecule has 25 heavy (non-hydrogen) atoms. The molecule has 0 aliphatic heterocycles. The van der Waals surface area contributed by atoms with E-state index < -0.39 is 11.7 Å². The van der Waals surface area contributed by atoms with Crippen molar-refractivity contribution < 1.29 is 14.3 Å². The fourth-order valence-electron chi connectivity index (χ4n) is 3.15. The van der Waals surface area contributed by atoms with Gasteiger partial charge in [-0.2, -0.15) is 0 Å². The van der Waals surface area contributed by atoms with Crippen LogP contribution in [0, 0.1) is 0 Å². The van der Waals surface area contributed by atoms with Crippen LogP contribution in [0.15, 0.2) is 24.3 Å². The number of nitrogens with one attached hydrogen (secondary N) is 2. The van der Waals surface area contributed by atoms with Gasteiger partial charge in [-0.1, -0.05) is 24.3 Å². The Hall–Kier alpha value is -2.04. The molecule has 1 atom stereocenters. The molecule has 0 fully saturated rings. The van der Waals surface area contributed by atoms with Crippen LogP contribution in [0.2, 0.25) is 0 Å². The highest BCUT2D eigenvalue weighted by atomic mass is 16.6. The van der Waals surface area contributed by atoms with Crippen LogP contribution in [-0.2, 0) is 16.0 Å². The Kier molecular flexibility index (Phi) is 6.85. The normalized spacial score (nSPS) is 16.7. The van der Waals surface area contributed by atoms with Gasteiger partial charge in [0.05, 0.1) is 0 Å². The van der Waals surface area contributed by atoms with Gasteiger partial charge in [0.25, 0.3) is 0 Å².